The molecule has 10 heteroatoms. The Labute approximate surface area is 200 Å². The lowest BCUT2D eigenvalue weighted by molar-refractivity contribution is -0.153. The number of thioether (sulfide) groups is 1. The summed E-state index contributed by atoms with van der Waals surface area (Å²) in [6, 6.07) is 16.4. The summed E-state index contributed by atoms with van der Waals surface area (Å²) in [6.45, 7) is 3.13. The van der Waals surface area contributed by atoms with Gasteiger partial charge < -0.3 is 15.4 Å². The molecule has 0 unspecified atom stereocenters. The van der Waals surface area contributed by atoms with Gasteiger partial charge in [0.1, 0.15) is 5.69 Å². The third kappa shape index (κ3) is 4.62. The SMILES string of the molecule is Cc1c(NC(=O)[C@H](C)OC(=O)C[C@H]2Sc3ccccc3NC2=O)c(=O)n(-c2ccccc2)n1C. The van der Waals surface area contributed by atoms with Gasteiger partial charge in [-0.2, -0.15) is 0 Å². The van der Waals surface area contributed by atoms with E-state index < -0.39 is 28.8 Å². The van der Waals surface area contributed by atoms with E-state index in [4.69, 9.17) is 4.74 Å². The maximum Gasteiger partial charge on any atom is 0.308 e. The Morgan fingerprint density at radius 2 is 1.79 bits per heavy atom. The molecule has 0 radical (unpaired) electrons. The monoisotopic (exact) mass is 480 g/mol. The molecule has 9 nitrogen and oxygen atoms in total. The minimum Gasteiger partial charge on any atom is -0.452 e. The normalized spacial score (nSPS) is 15.7. The van der Waals surface area contributed by atoms with Gasteiger partial charge in [0, 0.05) is 11.9 Å². The summed E-state index contributed by atoms with van der Waals surface area (Å²) < 4.78 is 8.35. The number of hydrogen-bond acceptors (Lipinski definition) is 6. The molecule has 0 bridgehead atoms. The number of ether oxygens (including phenoxy) is 1. The highest BCUT2D eigenvalue weighted by Crippen LogP contribution is 2.36. The minimum atomic E-state index is -1.15. The molecule has 2 heterocycles. The molecule has 34 heavy (non-hydrogen) atoms. The van der Waals surface area contributed by atoms with Gasteiger partial charge in [-0.3, -0.25) is 23.9 Å². The molecule has 176 valence electrons. The quantitative estimate of drug-likeness (QED) is 0.525. The molecule has 0 spiro atoms. The van der Waals surface area contributed by atoms with E-state index in [2.05, 4.69) is 10.6 Å². The van der Waals surface area contributed by atoms with Crippen molar-refractivity contribution in [2.45, 2.75) is 36.5 Å². The van der Waals surface area contributed by atoms with Crippen molar-refractivity contribution in [3.05, 3.63) is 70.6 Å². The number of aromatic nitrogens is 2. The first kappa shape index (κ1) is 23.4. The van der Waals surface area contributed by atoms with Crippen LogP contribution in [0, 0.1) is 6.92 Å². The summed E-state index contributed by atoms with van der Waals surface area (Å²) in [5.74, 6) is -1.61. The molecule has 1 aliphatic rings. The van der Waals surface area contributed by atoms with Crippen molar-refractivity contribution in [1.82, 2.24) is 9.36 Å². The molecule has 0 saturated heterocycles. The summed E-state index contributed by atoms with van der Waals surface area (Å²) in [6.07, 6.45) is -1.34. The Kier molecular flexibility index (Phi) is 6.60. The predicted molar refractivity (Wildman–Crippen MR) is 129 cm³/mol. The summed E-state index contributed by atoms with van der Waals surface area (Å²) in [7, 11) is 1.72. The zero-order chi connectivity index (χ0) is 24.4. The second-order valence-electron chi connectivity index (χ2n) is 7.85. The molecule has 2 atom stereocenters. The highest BCUT2D eigenvalue weighted by molar-refractivity contribution is 8.01. The van der Waals surface area contributed by atoms with Gasteiger partial charge in [-0.05, 0) is 38.1 Å². The van der Waals surface area contributed by atoms with Gasteiger partial charge >= 0.3 is 5.97 Å². The van der Waals surface area contributed by atoms with Crippen LogP contribution in [0.5, 0.6) is 0 Å². The Balaban J connectivity index is 1.41. The molecule has 2 amide bonds. The summed E-state index contributed by atoms with van der Waals surface area (Å²) in [5, 5.41) is 4.70. The van der Waals surface area contributed by atoms with Gasteiger partial charge in [0.05, 0.1) is 28.7 Å². The number of anilines is 2. The van der Waals surface area contributed by atoms with E-state index in [9.17, 15) is 19.2 Å². The molecular weight excluding hydrogens is 456 g/mol. The van der Waals surface area contributed by atoms with Crippen molar-refractivity contribution in [3.8, 4) is 5.69 Å². The number of amides is 2. The first-order valence-electron chi connectivity index (χ1n) is 10.7. The lowest BCUT2D eigenvalue weighted by Gasteiger charge is -2.23. The number of carbonyl (C=O) groups excluding carboxylic acids is 3. The van der Waals surface area contributed by atoms with Gasteiger partial charge in [-0.25, -0.2) is 4.68 Å². The Morgan fingerprint density at radius 3 is 2.53 bits per heavy atom. The van der Waals surface area contributed by atoms with Crippen LogP contribution in [0.15, 0.2) is 64.3 Å². The first-order chi connectivity index (χ1) is 16.3. The van der Waals surface area contributed by atoms with Crippen LogP contribution in [0.1, 0.15) is 19.0 Å². The average molecular weight is 481 g/mol. The van der Waals surface area contributed by atoms with Crippen LogP contribution in [0.4, 0.5) is 11.4 Å². The van der Waals surface area contributed by atoms with Crippen molar-refractivity contribution in [3.63, 3.8) is 0 Å². The molecule has 3 aromatic rings. The van der Waals surface area contributed by atoms with Crippen molar-refractivity contribution >= 4 is 40.9 Å². The highest BCUT2D eigenvalue weighted by Gasteiger charge is 2.31. The third-order valence-electron chi connectivity index (χ3n) is 5.54. The smallest absolute Gasteiger partial charge is 0.308 e. The zero-order valence-corrected chi connectivity index (χ0v) is 19.7. The van der Waals surface area contributed by atoms with E-state index >= 15 is 0 Å². The van der Waals surface area contributed by atoms with Gasteiger partial charge in [-0.15, -0.1) is 11.8 Å². The molecule has 4 rings (SSSR count). The maximum atomic E-state index is 13.0. The third-order valence-corrected chi connectivity index (χ3v) is 6.81. The standard InChI is InChI=1S/C24H24N4O5S/c1-14-21(24(32)28(27(14)3)16-9-5-4-6-10-16)26-22(30)15(2)33-20(29)13-19-23(31)25-17-11-7-8-12-18(17)34-19/h4-12,15,19H,13H2,1-3H3,(H,25,31)(H,26,30)/t15-,19+/m0/s1. The predicted octanol–water partition coefficient (Wildman–Crippen LogP) is 2.86. The molecule has 1 aromatic heterocycles. The molecule has 0 aliphatic carbocycles. The lowest BCUT2D eigenvalue weighted by Crippen LogP contribution is -2.35. The average Bonchev–Trinajstić information content (AvgIpc) is 3.03. The number of benzene rings is 2. The fourth-order valence-electron chi connectivity index (χ4n) is 3.61. The first-order valence-corrected chi connectivity index (χ1v) is 11.5. The molecule has 1 aliphatic heterocycles. The topological polar surface area (TPSA) is 111 Å². The molecule has 2 aromatic carbocycles. The Bertz CT molecular complexity index is 1310. The van der Waals surface area contributed by atoms with Crippen LogP contribution in [0.25, 0.3) is 5.69 Å². The number of rotatable bonds is 6. The minimum absolute atomic E-state index is 0.109. The molecule has 2 N–H and O–H groups in total. The van der Waals surface area contributed by atoms with Crippen LogP contribution >= 0.6 is 11.8 Å². The van der Waals surface area contributed by atoms with Crippen LogP contribution in [-0.4, -0.2) is 38.5 Å². The van der Waals surface area contributed by atoms with Crippen LogP contribution in [0.3, 0.4) is 0 Å². The fraction of sp³-hybridized carbons (Fsp3) is 0.250. The van der Waals surface area contributed by atoms with Gasteiger partial charge in [0.2, 0.25) is 5.91 Å². The number of fused-ring (bicyclic) bond motifs is 1. The zero-order valence-electron chi connectivity index (χ0n) is 18.9. The van der Waals surface area contributed by atoms with Crippen LogP contribution in [-0.2, 0) is 26.2 Å². The van der Waals surface area contributed by atoms with E-state index in [1.165, 1.54) is 23.4 Å². The van der Waals surface area contributed by atoms with Crippen molar-refractivity contribution < 1.29 is 19.1 Å². The van der Waals surface area contributed by atoms with Gasteiger partial charge in [-0.1, -0.05) is 30.3 Å². The second-order valence-corrected chi connectivity index (χ2v) is 9.10. The summed E-state index contributed by atoms with van der Waals surface area (Å²) >= 11 is 1.28. The largest absolute Gasteiger partial charge is 0.452 e. The Morgan fingerprint density at radius 1 is 1.12 bits per heavy atom. The van der Waals surface area contributed by atoms with Crippen LogP contribution in [0.2, 0.25) is 0 Å². The van der Waals surface area contributed by atoms with Crippen molar-refractivity contribution in [2.75, 3.05) is 10.6 Å². The molecule has 0 fully saturated rings. The maximum absolute atomic E-state index is 13.0. The fourth-order valence-corrected chi connectivity index (χ4v) is 4.71. The Hall–Kier alpha value is -3.79. The van der Waals surface area contributed by atoms with E-state index in [0.29, 0.717) is 17.1 Å². The lowest BCUT2D eigenvalue weighted by atomic mass is 10.2. The number of esters is 1. The number of nitrogens with zero attached hydrogens (tertiary/aromatic N) is 2. The van der Waals surface area contributed by atoms with Crippen molar-refractivity contribution in [1.29, 1.82) is 0 Å². The van der Waals surface area contributed by atoms with E-state index in [-0.39, 0.29) is 18.0 Å². The van der Waals surface area contributed by atoms with E-state index in [1.54, 1.807) is 36.9 Å². The second kappa shape index (κ2) is 9.60. The summed E-state index contributed by atoms with van der Waals surface area (Å²) in [4.78, 5) is 51.3. The number of hydrogen-bond donors (Lipinski definition) is 2. The van der Waals surface area contributed by atoms with E-state index in [0.717, 1.165) is 4.90 Å². The summed E-state index contributed by atoms with van der Waals surface area (Å²) in [5.41, 5.74) is 1.62. The van der Waals surface area contributed by atoms with Crippen molar-refractivity contribution in [2.24, 2.45) is 7.05 Å². The molecular formula is C24H24N4O5S. The number of carbonyl (C=O) groups is 3. The highest BCUT2D eigenvalue weighted by atomic mass is 32.2. The van der Waals surface area contributed by atoms with Crippen LogP contribution < -0.4 is 16.2 Å². The van der Waals surface area contributed by atoms with Gasteiger partial charge in [0.15, 0.2) is 6.10 Å². The van der Waals surface area contributed by atoms with E-state index in [1.807, 2.05) is 36.4 Å². The molecule has 0 saturated carbocycles. The number of nitrogens with one attached hydrogen (secondary N) is 2. The van der Waals surface area contributed by atoms with Gasteiger partial charge in [0.25, 0.3) is 11.5 Å². The number of para-hydroxylation sites is 2.